The van der Waals surface area contributed by atoms with E-state index < -0.39 is 0 Å². The third-order valence-electron chi connectivity index (χ3n) is 3.79. The Morgan fingerprint density at radius 2 is 2.17 bits per heavy atom. The molecule has 2 heterocycles. The van der Waals surface area contributed by atoms with Gasteiger partial charge in [-0.3, -0.25) is 0 Å². The van der Waals surface area contributed by atoms with Crippen LogP contribution in [0.2, 0.25) is 0 Å². The Hall–Kier alpha value is -0.830. The predicted octanol–water partition coefficient (Wildman–Crippen LogP) is 2.92. The number of nitrogens with zero attached hydrogens (tertiary/aromatic N) is 2. The molecule has 0 aliphatic carbocycles. The van der Waals surface area contributed by atoms with Gasteiger partial charge in [0.2, 0.25) is 0 Å². The third-order valence-corrected chi connectivity index (χ3v) is 3.79. The van der Waals surface area contributed by atoms with Crippen LogP contribution in [0, 0.1) is 5.92 Å². The molecule has 3 nitrogen and oxygen atoms in total. The minimum atomic E-state index is 0.830. The molecule has 102 valence electrons. The van der Waals surface area contributed by atoms with Gasteiger partial charge in [-0.2, -0.15) is 0 Å². The molecule has 0 saturated heterocycles. The van der Waals surface area contributed by atoms with Crippen LogP contribution < -0.4 is 5.32 Å². The Labute approximate surface area is 111 Å². The number of unbranched alkanes of at least 4 members (excludes halogenated alkanes) is 1. The lowest BCUT2D eigenvalue weighted by atomic mass is 10.1. The number of rotatable bonds is 6. The largest absolute Gasteiger partial charge is 0.332 e. The van der Waals surface area contributed by atoms with Crippen LogP contribution in [-0.2, 0) is 25.9 Å². The fourth-order valence-corrected chi connectivity index (χ4v) is 2.78. The van der Waals surface area contributed by atoms with Crippen molar-refractivity contribution in [2.75, 3.05) is 6.54 Å². The average molecular weight is 249 g/mol. The molecule has 0 saturated carbocycles. The van der Waals surface area contributed by atoms with E-state index >= 15 is 0 Å². The Balaban J connectivity index is 1.99. The molecule has 1 aliphatic rings. The first-order valence-corrected chi connectivity index (χ1v) is 7.50. The highest BCUT2D eigenvalue weighted by Gasteiger charge is 2.18. The first-order chi connectivity index (χ1) is 8.72. The second kappa shape index (κ2) is 6.37. The van der Waals surface area contributed by atoms with Crippen LogP contribution >= 0.6 is 0 Å². The Kier molecular flexibility index (Phi) is 4.81. The topological polar surface area (TPSA) is 29.9 Å². The summed E-state index contributed by atoms with van der Waals surface area (Å²) < 4.78 is 2.50. The maximum absolute atomic E-state index is 4.78. The van der Waals surface area contributed by atoms with Gasteiger partial charge in [-0.15, -0.1) is 0 Å². The molecular formula is C15H27N3. The number of nitrogens with one attached hydrogen (secondary N) is 1. The SMILES string of the molecule is CCc1nc2c(n1CCCCC(C)C)CCNC2. The van der Waals surface area contributed by atoms with Crippen LogP contribution in [0.4, 0.5) is 0 Å². The maximum Gasteiger partial charge on any atom is 0.108 e. The maximum atomic E-state index is 4.78. The first-order valence-electron chi connectivity index (χ1n) is 7.50. The zero-order chi connectivity index (χ0) is 13.0. The number of hydrogen-bond donors (Lipinski definition) is 1. The number of fused-ring (bicyclic) bond motifs is 1. The van der Waals surface area contributed by atoms with Gasteiger partial charge in [-0.25, -0.2) is 4.98 Å². The second-order valence-electron chi connectivity index (χ2n) is 5.74. The molecule has 0 amide bonds. The average Bonchev–Trinajstić information content (AvgIpc) is 2.72. The first kappa shape index (κ1) is 13.6. The van der Waals surface area contributed by atoms with Crippen LogP contribution in [0.1, 0.15) is 57.2 Å². The highest BCUT2D eigenvalue weighted by Crippen LogP contribution is 2.18. The van der Waals surface area contributed by atoms with E-state index in [-0.39, 0.29) is 0 Å². The zero-order valence-corrected chi connectivity index (χ0v) is 12.1. The van der Waals surface area contributed by atoms with Crippen molar-refractivity contribution < 1.29 is 0 Å². The van der Waals surface area contributed by atoms with Gasteiger partial charge < -0.3 is 9.88 Å². The highest BCUT2D eigenvalue weighted by molar-refractivity contribution is 5.20. The summed E-state index contributed by atoms with van der Waals surface area (Å²) in [5, 5.41) is 3.41. The van der Waals surface area contributed by atoms with Crippen molar-refractivity contribution in [3.05, 3.63) is 17.2 Å². The summed E-state index contributed by atoms with van der Waals surface area (Å²) in [6.07, 6.45) is 6.18. The van der Waals surface area contributed by atoms with E-state index in [0.717, 1.165) is 38.4 Å². The smallest absolute Gasteiger partial charge is 0.108 e. The molecule has 1 N–H and O–H groups in total. The van der Waals surface area contributed by atoms with E-state index in [0.29, 0.717) is 0 Å². The van der Waals surface area contributed by atoms with Crippen molar-refractivity contribution in [2.45, 2.75) is 66.0 Å². The molecule has 0 unspecified atom stereocenters. The van der Waals surface area contributed by atoms with Gasteiger partial charge in [0.15, 0.2) is 0 Å². The molecular weight excluding hydrogens is 222 g/mol. The molecule has 1 aliphatic heterocycles. The molecule has 0 bridgehead atoms. The fraction of sp³-hybridized carbons (Fsp3) is 0.800. The van der Waals surface area contributed by atoms with Crippen molar-refractivity contribution >= 4 is 0 Å². The summed E-state index contributed by atoms with van der Waals surface area (Å²) in [4.78, 5) is 4.78. The lowest BCUT2D eigenvalue weighted by molar-refractivity contribution is 0.493. The van der Waals surface area contributed by atoms with E-state index in [1.807, 2.05) is 0 Å². The number of aromatic nitrogens is 2. The van der Waals surface area contributed by atoms with Gasteiger partial charge in [0, 0.05) is 38.2 Å². The van der Waals surface area contributed by atoms with E-state index in [9.17, 15) is 0 Å². The highest BCUT2D eigenvalue weighted by atomic mass is 15.1. The van der Waals surface area contributed by atoms with E-state index in [4.69, 9.17) is 4.98 Å². The quantitative estimate of drug-likeness (QED) is 0.786. The number of hydrogen-bond acceptors (Lipinski definition) is 2. The Morgan fingerprint density at radius 1 is 1.33 bits per heavy atom. The summed E-state index contributed by atoms with van der Waals surface area (Å²) in [6, 6.07) is 0. The van der Waals surface area contributed by atoms with Gasteiger partial charge in [-0.1, -0.05) is 33.6 Å². The third kappa shape index (κ3) is 3.14. The van der Waals surface area contributed by atoms with Crippen LogP contribution in [0.15, 0.2) is 0 Å². The van der Waals surface area contributed by atoms with Crippen molar-refractivity contribution in [1.82, 2.24) is 14.9 Å². The minimum absolute atomic E-state index is 0.830. The second-order valence-corrected chi connectivity index (χ2v) is 5.74. The monoisotopic (exact) mass is 249 g/mol. The lowest BCUT2D eigenvalue weighted by Gasteiger charge is -2.16. The van der Waals surface area contributed by atoms with Crippen LogP contribution in [0.3, 0.4) is 0 Å². The fourth-order valence-electron chi connectivity index (χ4n) is 2.78. The standard InChI is InChI=1S/C15H27N3/c1-4-15-17-13-11-16-9-8-14(13)18(15)10-6-5-7-12(2)3/h12,16H,4-11H2,1-3H3. The van der Waals surface area contributed by atoms with Crippen LogP contribution in [-0.4, -0.2) is 16.1 Å². The Morgan fingerprint density at radius 3 is 2.89 bits per heavy atom. The molecule has 18 heavy (non-hydrogen) atoms. The molecule has 0 fully saturated rings. The molecule has 0 aromatic carbocycles. The molecule has 0 radical (unpaired) electrons. The molecule has 1 aromatic heterocycles. The molecule has 0 spiro atoms. The van der Waals surface area contributed by atoms with Crippen molar-refractivity contribution in [2.24, 2.45) is 5.92 Å². The van der Waals surface area contributed by atoms with Crippen LogP contribution in [0.25, 0.3) is 0 Å². The minimum Gasteiger partial charge on any atom is -0.332 e. The predicted molar refractivity (Wildman–Crippen MR) is 75.7 cm³/mol. The summed E-state index contributed by atoms with van der Waals surface area (Å²) >= 11 is 0. The van der Waals surface area contributed by atoms with Gasteiger partial charge in [0.1, 0.15) is 5.82 Å². The molecule has 2 rings (SSSR count). The number of aryl methyl sites for hydroxylation is 1. The molecule has 3 heteroatoms. The summed E-state index contributed by atoms with van der Waals surface area (Å²) in [6.45, 7) is 10.1. The Bertz CT molecular complexity index is 379. The van der Waals surface area contributed by atoms with E-state index in [1.165, 1.54) is 36.5 Å². The van der Waals surface area contributed by atoms with Crippen molar-refractivity contribution in [1.29, 1.82) is 0 Å². The van der Waals surface area contributed by atoms with Gasteiger partial charge in [-0.05, 0) is 12.3 Å². The van der Waals surface area contributed by atoms with E-state index in [2.05, 4.69) is 30.7 Å². The van der Waals surface area contributed by atoms with Crippen molar-refractivity contribution in [3.8, 4) is 0 Å². The molecule has 1 aromatic rings. The number of imidazole rings is 1. The lowest BCUT2D eigenvalue weighted by Crippen LogP contribution is -2.25. The van der Waals surface area contributed by atoms with Gasteiger partial charge in [0.05, 0.1) is 5.69 Å². The van der Waals surface area contributed by atoms with Gasteiger partial charge in [0.25, 0.3) is 0 Å². The summed E-state index contributed by atoms with van der Waals surface area (Å²) in [7, 11) is 0. The molecule has 0 atom stereocenters. The summed E-state index contributed by atoms with van der Waals surface area (Å²) in [5.41, 5.74) is 2.79. The van der Waals surface area contributed by atoms with Gasteiger partial charge >= 0.3 is 0 Å². The summed E-state index contributed by atoms with van der Waals surface area (Å²) in [5.74, 6) is 2.12. The zero-order valence-electron chi connectivity index (χ0n) is 12.1. The normalized spacial score (nSPS) is 15.1. The van der Waals surface area contributed by atoms with E-state index in [1.54, 1.807) is 0 Å². The van der Waals surface area contributed by atoms with Crippen LogP contribution in [0.5, 0.6) is 0 Å². The van der Waals surface area contributed by atoms with Crippen molar-refractivity contribution in [3.63, 3.8) is 0 Å².